The van der Waals surface area contributed by atoms with E-state index in [9.17, 15) is 13.2 Å². The van der Waals surface area contributed by atoms with Gasteiger partial charge >= 0.3 is 6.36 Å². The van der Waals surface area contributed by atoms with Gasteiger partial charge in [0.15, 0.2) is 10.9 Å². The molecule has 0 saturated carbocycles. The van der Waals surface area contributed by atoms with E-state index in [1.165, 1.54) is 23.9 Å². The first-order valence-electron chi connectivity index (χ1n) is 5.93. The minimum absolute atomic E-state index is 0.254. The lowest BCUT2D eigenvalue weighted by atomic mass is 10.2. The molecule has 1 aromatic rings. The number of nitrogens with zero attached hydrogens (tertiary/aromatic N) is 2. The fraction of sp³-hybridized carbons (Fsp3) is 0.417. The highest BCUT2D eigenvalue weighted by Gasteiger charge is 2.34. The molecule has 0 radical (unpaired) electrons. The van der Waals surface area contributed by atoms with E-state index in [0.29, 0.717) is 23.3 Å². The van der Waals surface area contributed by atoms with Crippen LogP contribution in [0.3, 0.4) is 0 Å². The normalized spacial score (nSPS) is 22.1. The van der Waals surface area contributed by atoms with Gasteiger partial charge in [-0.25, -0.2) is 0 Å². The lowest BCUT2D eigenvalue weighted by molar-refractivity contribution is -0.274. The minimum atomic E-state index is -4.73. The molecule has 1 saturated heterocycles. The molecule has 0 aromatic heterocycles. The first kappa shape index (κ1) is 14.8. The van der Waals surface area contributed by atoms with E-state index in [2.05, 4.69) is 9.84 Å². The molecule has 1 atom stereocenters. The van der Waals surface area contributed by atoms with E-state index < -0.39 is 6.36 Å². The van der Waals surface area contributed by atoms with Gasteiger partial charge in [-0.15, -0.1) is 13.2 Å². The van der Waals surface area contributed by atoms with Gasteiger partial charge in [0.25, 0.3) is 0 Å². The van der Waals surface area contributed by atoms with Crippen LogP contribution in [0.25, 0.3) is 0 Å². The molecule has 2 rings (SSSR count). The molecule has 1 aliphatic rings. The van der Waals surface area contributed by atoms with E-state index >= 15 is 0 Å². The molecule has 1 aliphatic heterocycles. The molecular formula is C12H14F3N3OS. The molecule has 1 fully saturated rings. The van der Waals surface area contributed by atoms with Gasteiger partial charge < -0.3 is 15.5 Å². The van der Waals surface area contributed by atoms with Gasteiger partial charge in [-0.2, -0.15) is 5.10 Å². The number of nitrogens with two attached hydrogens (primary N) is 1. The zero-order chi connectivity index (χ0) is 14.8. The van der Waals surface area contributed by atoms with Crippen LogP contribution in [0.4, 0.5) is 18.9 Å². The molecule has 2 N–H and O–H groups in total. The number of alkyl halides is 3. The van der Waals surface area contributed by atoms with Gasteiger partial charge in [-0.05, 0) is 18.1 Å². The third-order valence-electron chi connectivity index (χ3n) is 2.71. The number of hydrazone groups is 1. The predicted molar refractivity (Wildman–Crippen MR) is 73.7 cm³/mol. The molecule has 0 amide bonds. The molecule has 4 nitrogen and oxygen atoms in total. The van der Waals surface area contributed by atoms with E-state index in [1.54, 1.807) is 17.0 Å². The molecule has 1 unspecified atom stereocenters. The molecule has 110 valence electrons. The number of halogens is 3. The number of rotatable bonds is 2. The average molecular weight is 305 g/mol. The molecular weight excluding hydrogens is 291 g/mol. The van der Waals surface area contributed by atoms with Gasteiger partial charge in [0, 0.05) is 12.3 Å². The Morgan fingerprint density at radius 2 is 2.10 bits per heavy atom. The van der Waals surface area contributed by atoms with Crippen LogP contribution in [-0.2, 0) is 0 Å². The maximum atomic E-state index is 12.4. The number of hydrogen-bond acceptors (Lipinski definition) is 4. The Morgan fingerprint density at radius 3 is 2.75 bits per heavy atom. The van der Waals surface area contributed by atoms with Crippen molar-refractivity contribution in [2.45, 2.75) is 13.3 Å². The van der Waals surface area contributed by atoms with Gasteiger partial charge in [-0.1, -0.05) is 30.8 Å². The average Bonchev–Trinajstić information content (AvgIpc) is 2.37. The van der Waals surface area contributed by atoms with Crippen LogP contribution in [0.2, 0.25) is 0 Å². The maximum Gasteiger partial charge on any atom is 0.573 e. The summed E-state index contributed by atoms with van der Waals surface area (Å²) in [7, 11) is 0. The number of ether oxygens (including phenoxy) is 1. The second-order valence-electron chi connectivity index (χ2n) is 4.45. The summed E-state index contributed by atoms with van der Waals surface area (Å²) in [6, 6.07) is 5.98. The quantitative estimate of drug-likeness (QED) is 0.674. The fourth-order valence-electron chi connectivity index (χ4n) is 1.94. The summed E-state index contributed by atoms with van der Waals surface area (Å²) in [6.45, 7) is 2.56. The third-order valence-corrected chi connectivity index (χ3v) is 4.03. The Bertz CT molecular complexity index is 507. The van der Waals surface area contributed by atoms with Crippen LogP contribution in [0.5, 0.6) is 5.75 Å². The number of amidine groups is 1. The summed E-state index contributed by atoms with van der Waals surface area (Å²) in [6.07, 6.45) is -4.73. The topological polar surface area (TPSA) is 50.8 Å². The lowest BCUT2D eigenvalue weighted by Gasteiger charge is -2.33. The summed E-state index contributed by atoms with van der Waals surface area (Å²) in [5, 5.41) is 4.13. The summed E-state index contributed by atoms with van der Waals surface area (Å²) >= 11 is 1.42. The van der Waals surface area contributed by atoms with Crippen molar-refractivity contribution >= 4 is 22.6 Å². The second kappa shape index (κ2) is 5.82. The first-order chi connectivity index (χ1) is 9.40. The van der Waals surface area contributed by atoms with Crippen molar-refractivity contribution in [1.29, 1.82) is 0 Å². The van der Waals surface area contributed by atoms with Crippen molar-refractivity contribution in [3.8, 4) is 5.75 Å². The van der Waals surface area contributed by atoms with E-state index in [-0.39, 0.29) is 5.75 Å². The van der Waals surface area contributed by atoms with Gasteiger partial charge in [0.2, 0.25) is 0 Å². The van der Waals surface area contributed by atoms with Crippen LogP contribution >= 0.6 is 11.8 Å². The first-order valence-corrected chi connectivity index (χ1v) is 6.92. The van der Waals surface area contributed by atoms with E-state index in [4.69, 9.17) is 5.84 Å². The minimum Gasteiger partial charge on any atom is -0.404 e. The Morgan fingerprint density at radius 1 is 1.40 bits per heavy atom. The highest BCUT2D eigenvalue weighted by Crippen LogP contribution is 2.36. The number of benzene rings is 1. The van der Waals surface area contributed by atoms with Crippen LogP contribution in [0.15, 0.2) is 29.4 Å². The Labute approximate surface area is 118 Å². The molecule has 1 heterocycles. The van der Waals surface area contributed by atoms with Gasteiger partial charge in [-0.3, -0.25) is 0 Å². The second-order valence-corrected chi connectivity index (χ2v) is 5.44. The number of para-hydroxylation sites is 2. The summed E-state index contributed by atoms with van der Waals surface area (Å²) in [5.41, 5.74) is 0.313. The summed E-state index contributed by atoms with van der Waals surface area (Å²) in [4.78, 5) is 1.65. The molecule has 0 aliphatic carbocycles. The van der Waals surface area contributed by atoms with Gasteiger partial charge in [0.1, 0.15) is 0 Å². The summed E-state index contributed by atoms with van der Waals surface area (Å²) < 4.78 is 41.4. The van der Waals surface area contributed by atoms with Crippen LogP contribution in [0, 0.1) is 5.92 Å². The van der Waals surface area contributed by atoms with Crippen molar-refractivity contribution in [1.82, 2.24) is 0 Å². The largest absolute Gasteiger partial charge is 0.573 e. The van der Waals surface area contributed by atoms with Gasteiger partial charge in [0.05, 0.1) is 5.69 Å². The zero-order valence-electron chi connectivity index (χ0n) is 10.7. The summed E-state index contributed by atoms with van der Waals surface area (Å²) in [5.74, 6) is 6.20. The lowest BCUT2D eigenvalue weighted by Crippen LogP contribution is -2.39. The fourth-order valence-corrected chi connectivity index (χ4v) is 2.88. The highest BCUT2D eigenvalue weighted by atomic mass is 32.2. The number of anilines is 1. The Kier molecular flexibility index (Phi) is 4.32. The molecule has 0 spiro atoms. The SMILES string of the molecule is CC1CS/C(=N\N)N(c2ccccc2OC(F)(F)F)C1. The van der Waals surface area contributed by atoms with Crippen molar-refractivity contribution in [2.75, 3.05) is 17.2 Å². The van der Waals surface area contributed by atoms with Crippen LogP contribution in [0.1, 0.15) is 6.92 Å². The molecule has 8 heteroatoms. The molecule has 1 aromatic carbocycles. The smallest absolute Gasteiger partial charge is 0.404 e. The van der Waals surface area contributed by atoms with Crippen molar-refractivity contribution in [3.63, 3.8) is 0 Å². The number of thioether (sulfide) groups is 1. The molecule has 0 bridgehead atoms. The predicted octanol–water partition coefficient (Wildman–Crippen LogP) is 3.00. The monoisotopic (exact) mass is 305 g/mol. The Hall–Kier alpha value is -1.57. The van der Waals surface area contributed by atoms with Crippen LogP contribution in [-0.4, -0.2) is 23.8 Å². The standard InChI is InChI=1S/C12H14F3N3OS/c1-8-6-18(11(17-16)20-7-8)9-4-2-3-5-10(9)19-12(13,14)15/h2-5,8H,6-7,16H2,1H3/b17-11-. The molecule has 20 heavy (non-hydrogen) atoms. The van der Waals surface area contributed by atoms with Crippen molar-refractivity contribution < 1.29 is 17.9 Å². The van der Waals surface area contributed by atoms with Crippen molar-refractivity contribution in [2.24, 2.45) is 16.9 Å². The van der Waals surface area contributed by atoms with Crippen molar-refractivity contribution in [3.05, 3.63) is 24.3 Å². The maximum absolute atomic E-state index is 12.4. The Balaban J connectivity index is 2.35. The van der Waals surface area contributed by atoms with Crippen LogP contribution < -0.4 is 15.5 Å². The van der Waals surface area contributed by atoms with E-state index in [1.807, 2.05) is 6.92 Å². The third kappa shape index (κ3) is 3.50. The highest BCUT2D eigenvalue weighted by molar-refractivity contribution is 8.14. The number of hydrogen-bond donors (Lipinski definition) is 1. The zero-order valence-corrected chi connectivity index (χ0v) is 11.5. The van der Waals surface area contributed by atoms with E-state index in [0.717, 1.165) is 5.75 Å².